The van der Waals surface area contributed by atoms with Gasteiger partial charge < -0.3 is 9.47 Å². The third kappa shape index (κ3) is 3.34. The van der Waals surface area contributed by atoms with Gasteiger partial charge in [-0.25, -0.2) is 10.8 Å². The molecule has 21 heavy (non-hydrogen) atoms. The lowest BCUT2D eigenvalue weighted by atomic mass is 10.3. The van der Waals surface area contributed by atoms with Crippen molar-refractivity contribution in [3.63, 3.8) is 0 Å². The first-order valence-electron chi connectivity index (χ1n) is 5.86. The van der Waals surface area contributed by atoms with Gasteiger partial charge in [0, 0.05) is 17.8 Å². The quantitative estimate of drug-likeness (QED) is 0.485. The largest absolute Gasteiger partial charge is 0.493 e. The number of aryl methyl sites for hydroxylation is 1. The van der Waals surface area contributed by atoms with Crippen LogP contribution in [0.1, 0.15) is 5.69 Å². The Hall–Kier alpha value is -2.94. The molecule has 2 aromatic rings. The Morgan fingerprint density at radius 3 is 2.67 bits per heavy atom. The fourth-order valence-corrected chi connectivity index (χ4v) is 1.62. The average Bonchev–Trinajstić information content (AvgIpc) is 2.46. The van der Waals surface area contributed by atoms with E-state index in [-0.39, 0.29) is 23.3 Å². The SMILES string of the molecule is COc1cc([N+](=O)[O-])ccc1Oc1cc(C)nc(NN)n1. The summed E-state index contributed by atoms with van der Waals surface area (Å²) in [5, 5.41) is 10.7. The molecule has 9 nitrogen and oxygen atoms in total. The summed E-state index contributed by atoms with van der Waals surface area (Å²) in [7, 11) is 1.39. The second-order valence-corrected chi connectivity index (χ2v) is 4.01. The number of nitrogen functional groups attached to an aromatic ring is 1. The number of benzene rings is 1. The second-order valence-electron chi connectivity index (χ2n) is 4.01. The van der Waals surface area contributed by atoms with Gasteiger partial charge >= 0.3 is 0 Å². The molecule has 9 heteroatoms. The smallest absolute Gasteiger partial charge is 0.273 e. The number of ether oxygens (including phenoxy) is 2. The Morgan fingerprint density at radius 2 is 2.05 bits per heavy atom. The van der Waals surface area contributed by atoms with Crippen molar-refractivity contribution in [3.8, 4) is 17.4 Å². The molecule has 0 radical (unpaired) electrons. The van der Waals surface area contributed by atoms with Gasteiger partial charge in [-0.1, -0.05) is 0 Å². The maximum atomic E-state index is 10.7. The predicted molar refractivity (Wildman–Crippen MR) is 74.3 cm³/mol. The Balaban J connectivity index is 2.35. The molecule has 0 saturated heterocycles. The predicted octanol–water partition coefficient (Wildman–Crippen LogP) is 1.78. The van der Waals surface area contributed by atoms with Crippen molar-refractivity contribution in [1.82, 2.24) is 9.97 Å². The summed E-state index contributed by atoms with van der Waals surface area (Å²) >= 11 is 0. The fraction of sp³-hybridized carbons (Fsp3) is 0.167. The molecule has 1 aromatic carbocycles. The number of rotatable bonds is 5. The highest BCUT2D eigenvalue weighted by molar-refractivity contribution is 5.49. The number of nitrogens with two attached hydrogens (primary N) is 1. The van der Waals surface area contributed by atoms with Crippen LogP contribution >= 0.6 is 0 Å². The van der Waals surface area contributed by atoms with E-state index in [4.69, 9.17) is 15.3 Å². The van der Waals surface area contributed by atoms with E-state index in [2.05, 4.69) is 15.4 Å². The molecule has 0 amide bonds. The van der Waals surface area contributed by atoms with Gasteiger partial charge in [0.25, 0.3) is 5.69 Å². The summed E-state index contributed by atoms with van der Waals surface area (Å²) in [5.74, 6) is 6.22. The molecule has 2 rings (SSSR count). The van der Waals surface area contributed by atoms with E-state index >= 15 is 0 Å². The van der Waals surface area contributed by atoms with Crippen molar-refractivity contribution in [2.24, 2.45) is 5.84 Å². The van der Waals surface area contributed by atoms with Gasteiger partial charge in [-0.05, 0) is 13.0 Å². The highest BCUT2D eigenvalue weighted by atomic mass is 16.6. The third-order valence-electron chi connectivity index (χ3n) is 2.53. The van der Waals surface area contributed by atoms with Crippen molar-refractivity contribution >= 4 is 11.6 Å². The van der Waals surface area contributed by atoms with Crippen LogP contribution in [0.25, 0.3) is 0 Å². The molecular formula is C12H13N5O4. The van der Waals surface area contributed by atoms with E-state index in [1.165, 1.54) is 25.3 Å². The first-order valence-corrected chi connectivity index (χ1v) is 5.86. The topological polar surface area (TPSA) is 125 Å². The molecule has 3 N–H and O–H groups in total. The minimum absolute atomic E-state index is 0.0950. The summed E-state index contributed by atoms with van der Waals surface area (Å²) in [5.41, 5.74) is 2.88. The molecule has 0 aliphatic carbocycles. The zero-order valence-electron chi connectivity index (χ0n) is 11.4. The summed E-state index contributed by atoms with van der Waals surface area (Å²) in [4.78, 5) is 18.3. The molecule has 0 fully saturated rings. The van der Waals surface area contributed by atoms with E-state index in [1.807, 2.05) is 0 Å². The number of hydrogen-bond donors (Lipinski definition) is 2. The fourth-order valence-electron chi connectivity index (χ4n) is 1.62. The molecule has 0 aliphatic heterocycles. The minimum Gasteiger partial charge on any atom is -0.493 e. The van der Waals surface area contributed by atoms with Gasteiger partial charge in [0.15, 0.2) is 11.5 Å². The number of nitro benzene ring substituents is 1. The van der Waals surface area contributed by atoms with E-state index in [9.17, 15) is 10.1 Å². The van der Waals surface area contributed by atoms with Gasteiger partial charge in [-0.15, -0.1) is 0 Å². The number of hydrogen-bond acceptors (Lipinski definition) is 8. The van der Waals surface area contributed by atoms with E-state index < -0.39 is 4.92 Å². The molecule has 1 heterocycles. The third-order valence-corrected chi connectivity index (χ3v) is 2.53. The zero-order valence-corrected chi connectivity index (χ0v) is 11.4. The first-order chi connectivity index (χ1) is 10.0. The Bertz CT molecular complexity index is 677. The zero-order chi connectivity index (χ0) is 15.4. The molecule has 0 atom stereocenters. The van der Waals surface area contributed by atoms with Crippen LogP contribution in [0.5, 0.6) is 17.4 Å². The summed E-state index contributed by atoms with van der Waals surface area (Å²) in [6.45, 7) is 1.75. The summed E-state index contributed by atoms with van der Waals surface area (Å²) in [6.07, 6.45) is 0. The van der Waals surface area contributed by atoms with Gasteiger partial charge in [0.05, 0.1) is 18.1 Å². The highest BCUT2D eigenvalue weighted by Gasteiger charge is 2.14. The molecule has 0 aliphatic rings. The molecule has 0 unspecified atom stereocenters. The van der Waals surface area contributed by atoms with E-state index in [0.29, 0.717) is 11.4 Å². The van der Waals surface area contributed by atoms with Crippen LogP contribution in [0.3, 0.4) is 0 Å². The molecule has 0 spiro atoms. The maximum Gasteiger partial charge on any atom is 0.273 e. The number of methoxy groups -OCH3 is 1. The van der Waals surface area contributed by atoms with Crippen molar-refractivity contribution in [1.29, 1.82) is 0 Å². The van der Waals surface area contributed by atoms with Gasteiger partial charge in [-0.2, -0.15) is 4.98 Å². The maximum absolute atomic E-state index is 10.7. The molecule has 110 valence electrons. The van der Waals surface area contributed by atoms with Crippen molar-refractivity contribution in [2.45, 2.75) is 6.92 Å². The first kappa shape index (κ1) is 14.5. The number of nitrogens with one attached hydrogen (secondary N) is 1. The van der Waals surface area contributed by atoms with Crippen LogP contribution in [0.15, 0.2) is 24.3 Å². The monoisotopic (exact) mass is 291 g/mol. The van der Waals surface area contributed by atoms with Crippen LogP contribution in [-0.4, -0.2) is 22.0 Å². The van der Waals surface area contributed by atoms with Crippen LogP contribution < -0.4 is 20.7 Å². The minimum atomic E-state index is -0.516. The van der Waals surface area contributed by atoms with Crippen LogP contribution in [0, 0.1) is 17.0 Å². The number of anilines is 1. The number of nitrogens with zero attached hydrogens (tertiary/aromatic N) is 3. The molecular weight excluding hydrogens is 278 g/mol. The number of non-ortho nitro benzene ring substituents is 1. The van der Waals surface area contributed by atoms with Gasteiger partial charge in [0.1, 0.15) is 0 Å². The van der Waals surface area contributed by atoms with Gasteiger partial charge in [0.2, 0.25) is 11.8 Å². The normalized spacial score (nSPS) is 10.0. The number of nitro groups is 1. The Morgan fingerprint density at radius 1 is 1.29 bits per heavy atom. The lowest BCUT2D eigenvalue weighted by Gasteiger charge is -2.10. The summed E-state index contributed by atoms with van der Waals surface area (Å²) in [6, 6.07) is 5.62. The average molecular weight is 291 g/mol. The standard InChI is InChI=1S/C12H13N5O4/c1-7-5-11(15-12(14-7)16-13)21-9-4-3-8(17(18)19)6-10(9)20-2/h3-6H,13H2,1-2H3,(H,14,15,16). The Labute approximate surface area is 119 Å². The van der Waals surface area contributed by atoms with Crippen LogP contribution in [0.2, 0.25) is 0 Å². The lowest BCUT2D eigenvalue weighted by molar-refractivity contribution is -0.384. The van der Waals surface area contributed by atoms with E-state index in [1.54, 1.807) is 13.0 Å². The highest BCUT2D eigenvalue weighted by Crippen LogP contribution is 2.34. The van der Waals surface area contributed by atoms with Crippen molar-refractivity contribution in [3.05, 3.63) is 40.1 Å². The summed E-state index contributed by atoms with van der Waals surface area (Å²) < 4.78 is 10.6. The van der Waals surface area contributed by atoms with Crippen molar-refractivity contribution in [2.75, 3.05) is 12.5 Å². The van der Waals surface area contributed by atoms with Crippen molar-refractivity contribution < 1.29 is 14.4 Å². The van der Waals surface area contributed by atoms with E-state index in [0.717, 1.165) is 0 Å². The lowest BCUT2D eigenvalue weighted by Crippen LogP contribution is -2.11. The van der Waals surface area contributed by atoms with Gasteiger partial charge in [-0.3, -0.25) is 15.5 Å². The number of hydrazine groups is 1. The Kier molecular flexibility index (Phi) is 4.14. The van der Waals surface area contributed by atoms with Crippen LogP contribution in [-0.2, 0) is 0 Å². The molecule has 1 aromatic heterocycles. The number of aromatic nitrogens is 2. The molecule has 0 saturated carbocycles. The second kappa shape index (κ2) is 6.01. The molecule has 0 bridgehead atoms. The van der Waals surface area contributed by atoms with Crippen LogP contribution in [0.4, 0.5) is 11.6 Å².